The molecule has 0 fully saturated rings. The van der Waals surface area contributed by atoms with E-state index in [0.29, 0.717) is 5.69 Å². The molecule has 0 aliphatic carbocycles. The highest BCUT2D eigenvalue weighted by Gasteiger charge is 2.20. The fourth-order valence-corrected chi connectivity index (χ4v) is 1.43. The van der Waals surface area contributed by atoms with Crippen LogP contribution in [-0.2, 0) is 0 Å². The third-order valence-corrected chi connectivity index (χ3v) is 2.71. The van der Waals surface area contributed by atoms with Crippen molar-refractivity contribution in [3.8, 4) is 0 Å². The van der Waals surface area contributed by atoms with Gasteiger partial charge in [0, 0.05) is 18.3 Å². The molecule has 1 aromatic rings. The summed E-state index contributed by atoms with van der Waals surface area (Å²) in [6.07, 6.45) is -0.585. The molecule has 3 N–H and O–H groups in total. The van der Waals surface area contributed by atoms with Crippen LogP contribution in [0, 0.1) is 16.0 Å². The lowest BCUT2D eigenvalue weighted by atomic mass is 10.1. The van der Waals surface area contributed by atoms with E-state index >= 15 is 0 Å². The lowest BCUT2D eigenvalue weighted by Crippen LogP contribution is -2.24. The Kier molecular flexibility index (Phi) is 4.82. The number of benzene rings is 1. The van der Waals surface area contributed by atoms with Gasteiger partial charge in [0.25, 0.3) is 5.69 Å². The third kappa shape index (κ3) is 3.92. The molecule has 0 aliphatic rings. The molecular formula is C12H16N2O5. The molecule has 0 spiro atoms. The lowest BCUT2D eigenvalue weighted by molar-refractivity contribution is -0.385. The number of nitro groups is 1. The van der Waals surface area contributed by atoms with E-state index in [4.69, 9.17) is 5.11 Å². The Morgan fingerprint density at radius 2 is 2.11 bits per heavy atom. The van der Waals surface area contributed by atoms with Gasteiger partial charge < -0.3 is 15.5 Å². The standard InChI is InChI=1S/C12H16N2O5/c1-7(2)11(15)6-13-8-3-4-9(12(16)17)10(5-8)14(18)19/h3-5,7,11,13,15H,6H2,1-2H3,(H,16,17). The molecule has 1 aromatic carbocycles. The number of hydrogen-bond acceptors (Lipinski definition) is 5. The molecular weight excluding hydrogens is 252 g/mol. The molecule has 0 aromatic heterocycles. The average molecular weight is 268 g/mol. The van der Waals surface area contributed by atoms with Crippen LogP contribution in [0.4, 0.5) is 11.4 Å². The van der Waals surface area contributed by atoms with Crippen molar-refractivity contribution in [1.29, 1.82) is 0 Å². The van der Waals surface area contributed by atoms with Gasteiger partial charge in [0.2, 0.25) is 0 Å². The zero-order valence-electron chi connectivity index (χ0n) is 10.7. The number of aliphatic hydroxyl groups is 1. The number of aliphatic hydroxyl groups excluding tert-OH is 1. The molecule has 0 amide bonds. The Balaban J connectivity index is 2.90. The van der Waals surface area contributed by atoms with Crippen molar-refractivity contribution in [3.05, 3.63) is 33.9 Å². The van der Waals surface area contributed by atoms with E-state index in [0.717, 1.165) is 6.07 Å². The first-order valence-electron chi connectivity index (χ1n) is 5.76. The second-order valence-electron chi connectivity index (χ2n) is 4.49. The van der Waals surface area contributed by atoms with Gasteiger partial charge in [-0.2, -0.15) is 0 Å². The van der Waals surface area contributed by atoms with Crippen LogP contribution in [0.15, 0.2) is 18.2 Å². The number of rotatable bonds is 6. The maximum atomic E-state index is 10.8. The van der Waals surface area contributed by atoms with E-state index < -0.39 is 22.7 Å². The predicted octanol–water partition coefficient (Wildman–Crippen LogP) is 1.72. The molecule has 0 radical (unpaired) electrons. The summed E-state index contributed by atoms with van der Waals surface area (Å²) in [5, 5.41) is 32.1. The summed E-state index contributed by atoms with van der Waals surface area (Å²) in [4.78, 5) is 20.9. The van der Waals surface area contributed by atoms with E-state index in [-0.39, 0.29) is 18.0 Å². The van der Waals surface area contributed by atoms with Gasteiger partial charge in [0.05, 0.1) is 11.0 Å². The maximum Gasteiger partial charge on any atom is 0.342 e. The largest absolute Gasteiger partial charge is 0.477 e. The van der Waals surface area contributed by atoms with Gasteiger partial charge in [-0.15, -0.1) is 0 Å². The minimum atomic E-state index is -1.35. The summed E-state index contributed by atoms with van der Waals surface area (Å²) in [5.41, 5.74) is -0.437. The monoisotopic (exact) mass is 268 g/mol. The Hall–Kier alpha value is -2.15. The van der Waals surface area contributed by atoms with E-state index in [1.165, 1.54) is 12.1 Å². The maximum absolute atomic E-state index is 10.8. The Bertz CT molecular complexity index is 487. The predicted molar refractivity (Wildman–Crippen MR) is 69.4 cm³/mol. The average Bonchev–Trinajstić information content (AvgIpc) is 2.35. The number of carbonyl (C=O) groups is 1. The highest BCUT2D eigenvalue weighted by atomic mass is 16.6. The first kappa shape index (κ1) is 14.9. The summed E-state index contributed by atoms with van der Waals surface area (Å²) in [6, 6.07) is 3.75. The van der Waals surface area contributed by atoms with Gasteiger partial charge in [-0.05, 0) is 18.1 Å². The van der Waals surface area contributed by atoms with Crippen LogP contribution in [0.5, 0.6) is 0 Å². The van der Waals surface area contributed by atoms with Crippen molar-refractivity contribution < 1.29 is 19.9 Å². The number of nitrogens with one attached hydrogen (secondary N) is 1. The number of nitro benzene ring substituents is 1. The van der Waals surface area contributed by atoms with Crippen LogP contribution < -0.4 is 5.32 Å². The van der Waals surface area contributed by atoms with E-state index in [1.807, 2.05) is 13.8 Å². The topological polar surface area (TPSA) is 113 Å². The molecule has 104 valence electrons. The number of carboxylic acid groups (broad SMARTS) is 1. The Morgan fingerprint density at radius 3 is 2.58 bits per heavy atom. The van der Waals surface area contributed by atoms with Gasteiger partial charge in [-0.3, -0.25) is 10.1 Å². The van der Waals surface area contributed by atoms with Gasteiger partial charge in [-0.25, -0.2) is 4.79 Å². The normalized spacial score (nSPS) is 12.2. The summed E-state index contributed by atoms with van der Waals surface area (Å²) in [5.74, 6) is -1.29. The van der Waals surface area contributed by atoms with Crippen molar-refractivity contribution >= 4 is 17.3 Å². The van der Waals surface area contributed by atoms with Gasteiger partial charge >= 0.3 is 5.97 Å². The second kappa shape index (κ2) is 6.14. The number of aromatic carboxylic acids is 1. The zero-order valence-corrected chi connectivity index (χ0v) is 10.7. The molecule has 19 heavy (non-hydrogen) atoms. The lowest BCUT2D eigenvalue weighted by Gasteiger charge is -2.15. The summed E-state index contributed by atoms with van der Waals surface area (Å²) >= 11 is 0. The third-order valence-electron chi connectivity index (χ3n) is 2.71. The minimum absolute atomic E-state index is 0.0563. The van der Waals surface area contributed by atoms with Gasteiger partial charge in [0.15, 0.2) is 0 Å². The molecule has 7 heteroatoms. The van der Waals surface area contributed by atoms with Gasteiger partial charge in [0.1, 0.15) is 5.56 Å². The number of carboxylic acids is 1. The smallest absolute Gasteiger partial charge is 0.342 e. The summed E-state index contributed by atoms with van der Waals surface area (Å²) < 4.78 is 0. The van der Waals surface area contributed by atoms with Crippen LogP contribution >= 0.6 is 0 Å². The highest BCUT2D eigenvalue weighted by Crippen LogP contribution is 2.23. The number of hydrogen-bond donors (Lipinski definition) is 3. The first-order valence-corrected chi connectivity index (χ1v) is 5.76. The molecule has 0 saturated heterocycles. The van der Waals surface area contributed by atoms with E-state index in [1.54, 1.807) is 0 Å². The van der Waals surface area contributed by atoms with Crippen molar-refractivity contribution in [2.75, 3.05) is 11.9 Å². The van der Waals surface area contributed by atoms with Crippen molar-refractivity contribution in [1.82, 2.24) is 0 Å². The molecule has 0 heterocycles. The summed E-state index contributed by atoms with van der Waals surface area (Å²) in [7, 11) is 0. The molecule has 0 bridgehead atoms. The Labute approximate surface area is 110 Å². The molecule has 7 nitrogen and oxygen atoms in total. The van der Waals surface area contributed by atoms with Crippen molar-refractivity contribution in [2.45, 2.75) is 20.0 Å². The quantitative estimate of drug-likeness (QED) is 0.535. The van der Waals surface area contributed by atoms with Gasteiger partial charge in [-0.1, -0.05) is 13.8 Å². The highest BCUT2D eigenvalue weighted by molar-refractivity contribution is 5.93. The number of nitrogens with zero attached hydrogens (tertiary/aromatic N) is 1. The first-order chi connectivity index (χ1) is 8.82. The van der Waals surface area contributed by atoms with E-state index in [9.17, 15) is 20.0 Å². The van der Waals surface area contributed by atoms with Crippen molar-refractivity contribution in [3.63, 3.8) is 0 Å². The molecule has 0 saturated carbocycles. The van der Waals surface area contributed by atoms with Crippen LogP contribution in [-0.4, -0.2) is 33.8 Å². The minimum Gasteiger partial charge on any atom is -0.477 e. The van der Waals surface area contributed by atoms with Crippen LogP contribution in [0.25, 0.3) is 0 Å². The Morgan fingerprint density at radius 1 is 1.47 bits per heavy atom. The van der Waals surface area contributed by atoms with Crippen LogP contribution in [0.3, 0.4) is 0 Å². The van der Waals surface area contributed by atoms with E-state index in [2.05, 4.69) is 5.32 Å². The molecule has 1 rings (SSSR count). The second-order valence-corrected chi connectivity index (χ2v) is 4.49. The SMILES string of the molecule is CC(C)C(O)CNc1ccc(C(=O)O)c([N+](=O)[O-])c1. The summed E-state index contributed by atoms with van der Waals surface area (Å²) in [6.45, 7) is 3.94. The van der Waals surface area contributed by atoms with Crippen molar-refractivity contribution in [2.24, 2.45) is 5.92 Å². The fraction of sp³-hybridized carbons (Fsp3) is 0.417. The fourth-order valence-electron chi connectivity index (χ4n) is 1.43. The molecule has 1 unspecified atom stereocenters. The molecule has 0 aliphatic heterocycles. The zero-order chi connectivity index (χ0) is 14.6. The molecule has 1 atom stereocenters. The van der Waals surface area contributed by atoms with Crippen LogP contribution in [0.2, 0.25) is 0 Å². The number of anilines is 1. The van der Waals surface area contributed by atoms with Crippen LogP contribution in [0.1, 0.15) is 24.2 Å².